The Kier molecular flexibility index (Phi) is 4.22. The standard InChI is InChI=1S/C11H13FO4S/c1-2-4-10(11(13)14)17(15,16)9-6-3-5-8(12)7-9/h3,5-7,10H,2,4H2,1H3,(H,13,14). The normalized spacial score (nSPS) is 13.3. The van der Waals surface area contributed by atoms with E-state index in [9.17, 15) is 17.6 Å². The van der Waals surface area contributed by atoms with Crippen LogP contribution in [0.2, 0.25) is 0 Å². The molecule has 0 aliphatic carbocycles. The van der Waals surface area contributed by atoms with Crippen molar-refractivity contribution in [1.82, 2.24) is 0 Å². The summed E-state index contributed by atoms with van der Waals surface area (Å²) in [7, 11) is -4.02. The first-order valence-electron chi connectivity index (χ1n) is 5.12. The number of carboxylic acids is 1. The maximum atomic E-state index is 12.9. The number of sulfone groups is 1. The predicted molar refractivity (Wildman–Crippen MR) is 59.9 cm³/mol. The van der Waals surface area contributed by atoms with Crippen LogP contribution in [0.25, 0.3) is 0 Å². The minimum absolute atomic E-state index is 0.00812. The van der Waals surface area contributed by atoms with Gasteiger partial charge in [0.1, 0.15) is 5.82 Å². The van der Waals surface area contributed by atoms with E-state index in [1.54, 1.807) is 6.92 Å². The van der Waals surface area contributed by atoms with Gasteiger partial charge in [-0.25, -0.2) is 12.8 Å². The van der Waals surface area contributed by atoms with Gasteiger partial charge in [-0.05, 0) is 24.6 Å². The molecule has 1 atom stereocenters. The first-order chi connectivity index (χ1) is 7.89. The van der Waals surface area contributed by atoms with Crippen molar-refractivity contribution in [3.05, 3.63) is 30.1 Å². The Morgan fingerprint density at radius 2 is 2.12 bits per heavy atom. The van der Waals surface area contributed by atoms with Gasteiger partial charge in [-0.1, -0.05) is 19.4 Å². The van der Waals surface area contributed by atoms with E-state index in [0.29, 0.717) is 6.42 Å². The van der Waals surface area contributed by atoms with Crippen molar-refractivity contribution >= 4 is 15.8 Å². The molecule has 0 heterocycles. The number of carboxylic acid groups (broad SMARTS) is 1. The second kappa shape index (κ2) is 5.27. The van der Waals surface area contributed by atoms with Gasteiger partial charge in [0.2, 0.25) is 0 Å². The first-order valence-corrected chi connectivity index (χ1v) is 6.66. The van der Waals surface area contributed by atoms with Crippen molar-refractivity contribution in [2.24, 2.45) is 0 Å². The van der Waals surface area contributed by atoms with E-state index >= 15 is 0 Å². The van der Waals surface area contributed by atoms with E-state index < -0.39 is 26.9 Å². The summed E-state index contributed by atoms with van der Waals surface area (Å²) in [5, 5.41) is 7.38. The summed E-state index contributed by atoms with van der Waals surface area (Å²) in [5.41, 5.74) is 0. The number of halogens is 1. The van der Waals surface area contributed by atoms with Crippen molar-refractivity contribution in [1.29, 1.82) is 0 Å². The molecular formula is C11H13FO4S. The number of aliphatic carboxylic acids is 1. The second-order valence-electron chi connectivity index (χ2n) is 3.62. The van der Waals surface area contributed by atoms with E-state index in [-0.39, 0.29) is 11.3 Å². The van der Waals surface area contributed by atoms with E-state index in [0.717, 1.165) is 12.1 Å². The third-order valence-electron chi connectivity index (χ3n) is 2.33. The molecule has 94 valence electrons. The molecule has 1 N–H and O–H groups in total. The number of carbonyl (C=O) groups is 1. The smallest absolute Gasteiger partial charge is 0.322 e. The van der Waals surface area contributed by atoms with Crippen molar-refractivity contribution in [2.75, 3.05) is 0 Å². The van der Waals surface area contributed by atoms with Gasteiger partial charge in [0.15, 0.2) is 15.1 Å². The lowest BCUT2D eigenvalue weighted by Gasteiger charge is -2.12. The lowest BCUT2D eigenvalue weighted by atomic mass is 10.2. The van der Waals surface area contributed by atoms with E-state index in [1.165, 1.54) is 12.1 Å². The Labute approximate surface area is 99.0 Å². The Morgan fingerprint density at radius 3 is 2.59 bits per heavy atom. The van der Waals surface area contributed by atoms with Gasteiger partial charge in [-0.15, -0.1) is 0 Å². The second-order valence-corrected chi connectivity index (χ2v) is 5.75. The molecule has 0 spiro atoms. The summed E-state index contributed by atoms with van der Waals surface area (Å²) in [6, 6.07) is 4.38. The molecule has 0 saturated carbocycles. The summed E-state index contributed by atoms with van der Waals surface area (Å²) in [4.78, 5) is 10.6. The topological polar surface area (TPSA) is 71.4 Å². The van der Waals surface area contributed by atoms with Crippen LogP contribution >= 0.6 is 0 Å². The highest BCUT2D eigenvalue weighted by Crippen LogP contribution is 2.20. The Morgan fingerprint density at radius 1 is 1.47 bits per heavy atom. The fraction of sp³-hybridized carbons (Fsp3) is 0.364. The van der Waals surface area contributed by atoms with Crippen molar-refractivity contribution in [2.45, 2.75) is 29.9 Å². The van der Waals surface area contributed by atoms with Gasteiger partial charge in [-0.3, -0.25) is 4.79 Å². The van der Waals surface area contributed by atoms with Crippen LogP contribution in [0.1, 0.15) is 19.8 Å². The summed E-state index contributed by atoms with van der Waals surface area (Å²) in [5.74, 6) is -2.11. The molecule has 1 rings (SSSR count). The summed E-state index contributed by atoms with van der Waals surface area (Å²) in [6.07, 6.45) is 0.430. The molecule has 1 aromatic carbocycles. The molecule has 0 aliphatic rings. The predicted octanol–water partition coefficient (Wildman–Crippen LogP) is 1.85. The minimum atomic E-state index is -4.02. The quantitative estimate of drug-likeness (QED) is 0.877. The molecule has 1 aromatic rings. The number of hydrogen-bond acceptors (Lipinski definition) is 3. The van der Waals surface area contributed by atoms with Gasteiger partial charge >= 0.3 is 5.97 Å². The van der Waals surface area contributed by atoms with E-state index in [1.807, 2.05) is 0 Å². The molecule has 0 amide bonds. The number of rotatable bonds is 5. The molecule has 0 bridgehead atoms. The minimum Gasteiger partial charge on any atom is -0.480 e. The average molecular weight is 260 g/mol. The van der Waals surface area contributed by atoms with Crippen LogP contribution in [0.3, 0.4) is 0 Å². The van der Waals surface area contributed by atoms with Gasteiger partial charge in [0.05, 0.1) is 4.90 Å². The van der Waals surface area contributed by atoms with Crippen molar-refractivity contribution in [3.63, 3.8) is 0 Å². The lowest BCUT2D eigenvalue weighted by Crippen LogP contribution is -2.30. The van der Waals surface area contributed by atoms with E-state index in [4.69, 9.17) is 5.11 Å². The highest BCUT2D eigenvalue weighted by molar-refractivity contribution is 7.92. The zero-order valence-electron chi connectivity index (χ0n) is 9.26. The van der Waals surface area contributed by atoms with Crippen LogP contribution in [0.4, 0.5) is 4.39 Å². The average Bonchev–Trinajstić information content (AvgIpc) is 2.25. The van der Waals surface area contributed by atoms with Gasteiger partial charge in [0.25, 0.3) is 0 Å². The van der Waals surface area contributed by atoms with Crippen LogP contribution in [0.15, 0.2) is 29.2 Å². The molecule has 17 heavy (non-hydrogen) atoms. The van der Waals surface area contributed by atoms with Crippen LogP contribution < -0.4 is 0 Å². The first kappa shape index (κ1) is 13.6. The van der Waals surface area contributed by atoms with Crippen LogP contribution in [0.5, 0.6) is 0 Å². The van der Waals surface area contributed by atoms with E-state index in [2.05, 4.69) is 0 Å². The SMILES string of the molecule is CCCC(C(=O)O)S(=O)(=O)c1cccc(F)c1. The van der Waals surface area contributed by atoms with Gasteiger partial charge in [-0.2, -0.15) is 0 Å². The molecule has 0 fully saturated rings. The van der Waals surface area contributed by atoms with Crippen LogP contribution in [-0.4, -0.2) is 24.7 Å². The third kappa shape index (κ3) is 3.03. The molecule has 0 aliphatic heterocycles. The van der Waals surface area contributed by atoms with Gasteiger partial charge in [0, 0.05) is 0 Å². The molecule has 0 radical (unpaired) electrons. The van der Waals surface area contributed by atoms with Crippen molar-refractivity contribution < 1.29 is 22.7 Å². The van der Waals surface area contributed by atoms with Crippen molar-refractivity contribution in [3.8, 4) is 0 Å². The lowest BCUT2D eigenvalue weighted by molar-refractivity contribution is -0.136. The monoisotopic (exact) mass is 260 g/mol. The van der Waals surface area contributed by atoms with Crippen LogP contribution in [0, 0.1) is 5.82 Å². The molecule has 0 aromatic heterocycles. The number of benzene rings is 1. The fourth-order valence-electron chi connectivity index (χ4n) is 1.48. The molecular weight excluding hydrogens is 247 g/mol. The maximum absolute atomic E-state index is 12.9. The third-order valence-corrected chi connectivity index (χ3v) is 4.42. The largest absolute Gasteiger partial charge is 0.480 e. The number of hydrogen-bond donors (Lipinski definition) is 1. The Balaban J connectivity index is 3.21. The molecule has 0 saturated heterocycles. The fourth-order valence-corrected chi connectivity index (χ4v) is 3.17. The zero-order valence-corrected chi connectivity index (χ0v) is 10.1. The maximum Gasteiger partial charge on any atom is 0.322 e. The highest BCUT2D eigenvalue weighted by atomic mass is 32.2. The zero-order chi connectivity index (χ0) is 13.1. The molecule has 6 heteroatoms. The van der Waals surface area contributed by atoms with Gasteiger partial charge < -0.3 is 5.11 Å². The summed E-state index contributed by atoms with van der Waals surface area (Å²) < 4.78 is 36.9. The summed E-state index contributed by atoms with van der Waals surface area (Å²) in [6.45, 7) is 1.69. The Bertz CT molecular complexity index is 510. The molecule has 4 nitrogen and oxygen atoms in total. The Hall–Kier alpha value is -1.43. The summed E-state index contributed by atoms with van der Waals surface area (Å²) >= 11 is 0. The molecule has 1 unspecified atom stereocenters. The highest BCUT2D eigenvalue weighted by Gasteiger charge is 2.33. The van der Waals surface area contributed by atoms with Crippen LogP contribution in [-0.2, 0) is 14.6 Å².